The molecule has 0 radical (unpaired) electrons. The number of anilines is 1. The molecule has 2 rings (SSSR count). The molecule has 0 aliphatic heterocycles. The fraction of sp³-hybridized carbons (Fsp3) is 0.0769. The van der Waals surface area contributed by atoms with Crippen LogP contribution >= 0.6 is 15.9 Å². The molecule has 19 heavy (non-hydrogen) atoms. The molecule has 0 fully saturated rings. The molecule has 1 aromatic heterocycles. The van der Waals surface area contributed by atoms with Gasteiger partial charge in [-0.2, -0.15) is 0 Å². The molecule has 2 N–H and O–H groups in total. The molecule has 2 aromatic rings. The predicted octanol–water partition coefficient (Wildman–Crippen LogP) is 2.40. The van der Waals surface area contributed by atoms with Gasteiger partial charge in [0.2, 0.25) is 5.43 Å². The van der Waals surface area contributed by atoms with Crippen molar-refractivity contribution in [3.63, 3.8) is 0 Å². The van der Waals surface area contributed by atoms with Crippen LogP contribution in [0.5, 0.6) is 5.75 Å². The van der Waals surface area contributed by atoms with Crippen LogP contribution in [0, 0.1) is 0 Å². The van der Waals surface area contributed by atoms with Crippen LogP contribution in [0.15, 0.2) is 45.8 Å². The normalized spacial score (nSPS) is 10.0. The van der Waals surface area contributed by atoms with Crippen molar-refractivity contribution in [2.75, 3.05) is 12.4 Å². The first kappa shape index (κ1) is 13.4. The number of hydrogen-bond acceptors (Lipinski definition) is 3. The van der Waals surface area contributed by atoms with Crippen molar-refractivity contribution in [2.45, 2.75) is 0 Å². The molecule has 0 saturated carbocycles. The molecule has 0 aliphatic rings. The topological polar surface area (TPSA) is 71.2 Å². The molecule has 98 valence electrons. The van der Waals surface area contributed by atoms with Crippen molar-refractivity contribution in [2.24, 2.45) is 0 Å². The Balaban J connectivity index is 2.21. The Hall–Kier alpha value is -2.08. The third-order valence-electron chi connectivity index (χ3n) is 2.42. The van der Waals surface area contributed by atoms with Crippen molar-refractivity contribution in [1.29, 1.82) is 0 Å². The fourth-order valence-electron chi connectivity index (χ4n) is 1.51. The van der Waals surface area contributed by atoms with E-state index < -0.39 is 5.91 Å². The standard InChI is InChI=1S/C13H11BrN2O3/c1-19-12-7-15-10(6-11(12)17)13(18)16-9-4-2-3-8(14)5-9/h2-7H,1H3,(H,15,17)(H,16,18). The Morgan fingerprint density at radius 2 is 2.16 bits per heavy atom. The number of hydrogen-bond donors (Lipinski definition) is 2. The minimum Gasteiger partial charge on any atom is -0.491 e. The number of amides is 1. The Morgan fingerprint density at radius 1 is 1.37 bits per heavy atom. The largest absolute Gasteiger partial charge is 0.491 e. The highest BCUT2D eigenvalue weighted by Gasteiger charge is 2.09. The van der Waals surface area contributed by atoms with E-state index in [1.165, 1.54) is 19.4 Å². The van der Waals surface area contributed by atoms with Gasteiger partial charge in [-0.05, 0) is 18.2 Å². The Kier molecular flexibility index (Phi) is 4.01. The highest BCUT2D eigenvalue weighted by molar-refractivity contribution is 9.10. The average Bonchev–Trinajstić information content (AvgIpc) is 2.38. The third kappa shape index (κ3) is 3.23. The Labute approximate surface area is 117 Å². The molecular formula is C13H11BrN2O3. The van der Waals surface area contributed by atoms with E-state index in [1.807, 2.05) is 6.07 Å². The summed E-state index contributed by atoms with van der Waals surface area (Å²) >= 11 is 3.31. The zero-order valence-electron chi connectivity index (χ0n) is 10.1. The second-order valence-electron chi connectivity index (χ2n) is 3.74. The molecule has 1 heterocycles. The van der Waals surface area contributed by atoms with Crippen molar-refractivity contribution < 1.29 is 9.53 Å². The minimum atomic E-state index is -0.391. The number of carbonyl (C=O) groups excluding carboxylic acids is 1. The number of nitrogens with one attached hydrogen (secondary N) is 2. The van der Waals surface area contributed by atoms with E-state index in [0.29, 0.717) is 5.69 Å². The van der Waals surface area contributed by atoms with Crippen LogP contribution in [-0.2, 0) is 0 Å². The predicted molar refractivity (Wildman–Crippen MR) is 75.7 cm³/mol. The van der Waals surface area contributed by atoms with Crippen molar-refractivity contribution in [1.82, 2.24) is 4.98 Å². The van der Waals surface area contributed by atoms with Crippen LogP contribution in [0.25, 0.3) is 0 Å². The van der Waals surface area contributed by atoms with Crippen LogP contribution in [-0.4, -0.2) is 18.0 Å². The first-order valence-corrected chi connectivity index (χ1v) is 6.23. The lowest BCUT2D eigenvalue weighted by Gasteiger charge is -2.06. The number of rotatable bonds is 3. The summed E-state index contributed by atoms with van der Waals surface area (Å²) in [6, 6.07) is 8.37. The first-order valence-electron chi connectivity index (χ1n) is 5.44. The average molecular weight is 323 g/mol. The van der Waals surface area contributed by atoms with Crippen LogP contribution in [0.3, 0.4) is 0 Å². The molecule has 0 bridgehead atoms. The number of H-pyrrole nitrogens is 1. The van der Waals surface area contributed by atoms with E-state index in [1.54, 1.807) is 18.2 Å². The molecule has 0 spiro atoms. The molecule has 0 saturated heterocycles. The summed E-state index contributed by atoms with van der Waals surface area (Å²) in [6.07, 6.45) is 1.36. The van der Waals surface area contributed by atoms with E-state index in [4.69, 9.17) is 4.74 Å². The van der Waals surface area contributed by atoms with Crippen LogP contribution < -0.4 is 15.5 Å². The van der Waals surface area contributed by atoms with Gasteiger partial charge in [0.25, 0.3) is 5.91 Å². The number of benzene rings is 1. The summed E-state index contributed by atoms with van der Waals surface area (Å²) in [5.74, 6) is -0.225. The molecule has 1 aromatic carbocycles. The summed E-state index contributed by atoms with van der Waals surface area (Å²) in [5.41, 5.74) is 0.461. The number of methoxy groups -OCH3 is 1. The van der Waals surface area contributed by atoms with E-state index in [0.717, 1.165) is 4.47 Å². The fourth-order valence-corrected chi connectivity index (χ4v) is 1.91. The van der Waals surface area contributed by atoms with E-state index in [9.17, 15) is 9.59 Å². The summed E-state index contributed by atoms with van der Waals surface area (Å²) in [6.45, 7) is 0. The molecule has 0 aliphatic carbocycles. The molecule has 0 atom stereocenters. The smallest absolute Gasteiger partial charge is 0.272 e. The monoisotopic (exact) mass is 322 g/mol. The van der Waals surface area contributed by atoms with Crippen molar-refractivity contribution in [3.8, 4) is 5.75 Å². The summed E-state index contributed by atoms with van der Waals surface area (Å²) in [5, 5.41) is 2.68. The Bertz CT molecular complexity index is 667. The minimum absolute atomic E-state index is 0.166. The van der Waals surface area contributed by atoms with E-state index in [2.05, 4.69) is 26.2 Å². The quantitative estimate of drug-likeness (QED) is 0.911. The number of halogens is 1. The maximum atomic E-state index is 11.9. The number of aromatic nitrogens is 1. The summed E-state index contributed by atoms with van der Waals surface area (Å²) in [7, 11) is 1.39. The lowest BCUT2D eigenvalue weighted by molar-refractivity contribution is 0.102. The van der Waals surface area contributed by atoms with Crippen LogP contribution in [0.2, 0.25) is 0 Å². The van der Waals surface area contributed by atoms with Gasteiger partial charge in [-0.3, -0.25) is 9.59 Å². The van der Waals surface area contributed by atoms with E-state index >= 15 is 0 Å². The second kappa shape index (κ2) is 5.71. The zero-order valence-corrected chi connectivity index (χ0v) is 11.7. The number of aromatic amines is 1. The number of carbonyl (C=O) groups is 1. The maximum Gasteiger partial charge on any atom is 0.272 e. The number of pyridine rings is 1. The molecule has 5 nitrogen and oxygen atoms in total. The van der Waals surface area contributed by atoms with Gasteiger partial charge in [0.1, 0.15) is 5.69 Å². The van der Waals surface area contributed by atoms with Gasteiger partial charge < -0.3 is 15.0 Å². The molecule has 6 heteroatoms. The Morgan fingerprint density at radius 3 is 2.79 bits per heavy atom. The van der Waals surface area contributed by atoms with Gasteiger partial charge in [0.15, 0.2) is 5.75 Å². The van der Waals surface area contributed by atoms with Crippen molar-refractivity contribution in [3.05, 3.63) is 56.9 Å². The van der Waals surface area contributed by atoms with E-state index in [-0.39, 0.29) is 16.9 Å². The lowest BCUT2D eigenvalue weighted by Crippen LogP contribution is -2.17. The van der Waals surface area contributed by atoms with Crippen LogP contribution in [0.4, 0.5) is 5.69 Å². The van der Waals surface area contributed by atoms with Gasteiger partial charge in [-0.15, -0.1) is 0 Å². The van der Waals surface area contributed by atoms with Gasteiger partial charge in [0, 0.05) is 22.4 Å². The zero-order chi connectivity index (χ0) is 13.8. The van der Waals surface area contributed by atoms with Crippen molar-refractivity contribution >= 4 is 27.5 Å². The molecular weight excluding hydrogens is 312 g/mol. The second-order valence-corrected chi connectivity index (χ2v) is 4.66. The van der Waals surface area contributed by atoms with Crippen LogP contribution in [0.1, 0.15) is 10.5 Å². The lowest BCUT2D eigenvalue weighted by atomic mass is 10.3. The summed E-state index contributed by atoms with van der Waals surface area (Å²) < 4.78 is 5.69. The van der Waals surface area contributed by atoms with Gasteiger partial charge in [-0.1, -0.05) is 22.0 Å². The maximum absolute atomic E-state index is 11.9. The highest BCUT2D eigenvalue weighted by Crippen LogP contribution is 2.16. The van der Waals surface area contributed by atoms with Gasteiger partial charge in [-0.25, -0.2) is 0 Å². The molecule has 1 amide bonds. The first-order chi connectivity index (χ1) is 9.10. The summed E-state index contributed by atoms with van der Waals surface area (Å²) in [4.78, 5) is 26.2. The van der Waals surface area contributed by atoms with Gasteiger partial charge in [0.05, 0.1) is 7.11 Å². The third-order valence-corrected chi connectivity index (χ3v) is 2.92. The molecule has 0 unspecified atom stereocenters. The number of ether oxygens (including phenoxy) is 1. The van der Waals surface area contributed by atoms with Gasteiger partial charge >= 0.3 is 0 Å². The highest BCUT2D eigenvalue weighted by atomic mass is 79.9. The SMILES string of the molecule is COc1c[nH]c(C(=O)Nc2cccc(Br)c2)cc1=O.